The summed E-state index contributed by atoms with van der Waals surface area (Å²) in [7, 11) is 0. The van der Waals surface area contributed by atoms with E-state index in [9.17, 15) is 19.5 Å². The van der Waals surface area contributed by atoms with Crippen molar-refractivity contribution < 1.29 is 34.1 Å². The molecule has 1 amide bonds. The van der Waals surface area contributed by atoms with Crippen LogP contribution in [0.4, 0.5) is 4.79 Å². The zero-order valence-electron chi connectivity index (χ0n) is 17.9. The van der Waals surface area contributed by atoms with Gasteiger partial charge in [0.2, 0.25) is 0 Å². The lowest BCUT2D eigenvalue weighted by Crippen LogP contribution is -2.30. The number of nitrogens with one attached hydrogen (secondary N) is 1. The zero-order valence-corrected chi connectivity index (χ0v) is 20.2. The Hall–Kier alpha value is -3.46. The van der Waals surface area contributed by atoms with E-state index in [1.165, 1.54) is 24.3 Å². The lowest BCUT2D eigenvalue weighted by atomic mass is 10.0. The molecule has 0 fully saturated rings. The van der Waals surface area contributed by atoms with Crippen LogP contribution in [0.1, 0.15) is 21.5 Å². The number of halogens is 3. The standard InChI is InChI=1S/C24H18Cl3NO7/c25-15-3-1-2-14(10-15)22(32)17-11-16(4-5-20(17)29)35-23-18(26)8-13(9-19(23)27)6-7-34-24(33)28-12-21(30)31/h1-5,8-11,29H,6-7,12H2,(H,28,33)(H,30,31). The van der Waals surface area contributed by atoms with Crippen LogP contribution >= 0.6 is 34.8 Å². The monoisotopic (exact) mass is 537 g/mol. The van der Waals surface area contributed by atoms with Gasteiger partial charge in [-0.2, -0.15) is 0 Å². The molecule has 0 radical (unpaired) electrons. The van der Waals surface area contributed by atoms with Crippen LogP contribution in [0, 0.1) is 0 Å². The van der Waals surface area contributed by atoms with E-state index in [1.807, 2.05) is 0 Å². The van der Waals surface area contributed by atoms with Crippen LogP contribution in [0.3, 0.4) is 0 Å². The van der Waals surface area contributed by atoms with E-state index in [-0.39, 0.29) is 45.9 Å². The molecule has 0 saturated heterocycles. The largest absolute Gasteiger partial charge is 0.507 e. The number of ether oxygens (including phenoxy) is 2. The number of carbonyl (C=O) groups excluding carboxylic acids is 2. The highest BCUT2D eigenvalue weighted by atomic mass is 35.5. The number of phenolic OH excluding ortho intramolecular Hbond substituents is 1. The van der Waals surface area contributed by atoms with Gasteiger partial charge in [0.1, 0.15) is 18.0 Å². The second-order valence-corrected chi connectivity index (χ2v) is 8.39. The molecule has 0 saturated carbocycles. The summed E-state index contributed by atoms with van der Waals surface area (Å²) in [4.78, 5) is 34.7. The number of carboxylic acid groups (broad SMARTS) is 1. The first kappa shape index (κ1) is 26.2. The summed E-state index contributed by atoms with van der Waals surface area (Å²) in [5, 5.41) is 21.5. The third-order valence-corrected chi connectivity index (χ3v) is 5.38. The molecule has 8 nitrogen and oxygen atoms in total. The first-order chi connectivity index (χ1) is 16.6. The molecule has 35 heavy (non-hydrogen) atoms. The maximum atomic E-state index is 12.8. The molecule has 11 heteroatoms. The second kappa shape index (κ2) is 11.8. The van der Waals surface area contributed by atoms with Gasteiger partial charge in [-0.3, -0.25) is 9.59 Å². The van der Waals surface area contributed by atoms with Crippen molar-refractivity contribution in [3.05, 3.63) is 86.4 Å². The molecule has 3 N–H and O–H groups in total. The number of rotatable bonds is 9. The molecule has 182 valence electrons. The van der Waals surface area contributed by atoms with Crippen molar-refractivity contribution in [3.63, 3.8) is 0 Å². The fourth-order valence-electron chi connectivity index (χ4n) is 2.98. The van der Waals surface area contributed by atoms with Gasteiger partial charge < -0.3 is 25.0 Å². The van der Waals surface area contributed by atoms with Crippen LogP contribution in [0.15, 0.2) is 54.6 Å². The Kier molecular flexibility index (Phi) is 8.81. The summed E-state index contributed by atoms with van der Waals surface area (Å²) in [5.41, 5.74) is 0.942. The van der Waals surface area contributed by atoms with Gasteiger partial charge in [-0.05, 0) is 48.0 Å². The van der Waals surface area contributed by atoms with E-state index in [1.54, 1.807) is 30.3 Å². The minimum Gasteiger partial charge on any atom is -0.507 e. The molecule has 0 aliphatic rings. The molecule has 0 aromatic heterocycles. The van der Waals surface area contributed by atoms with Crippen molar-refractivity contribution in [2.45, 2.75) is 6.42 Å². The van der Waals surface area contributed by atoms with Gasteiger partial charge in [0.15, 0.2) is 11.5 Å². The number of aliphatic carboxylic acids is 1. The van der Waals surface area contributed by atoms with Crippen LogP contribution in [0.25, 0.3) is 0 Å². The molecular formula is C24H18Cl3NO7. The highest BCUT2D eigenvalue weighted by Gasteiger charge is 2.17. The summed E-state index contributed by atoms with van der Waals surface area (Å²) in [6, 6.07) is 13.6. The first-order valence-electron chi connectivity index (χ1n) is 10.1. The third kappa shape index (κ3) is 7.26. The lowest BCUT2D eigenvalue weighted by Gasteiger charge is -2.13. The minimum atomic E-state index is -1.19. The summed E-state index contributed by atoms with van der Waals surface area (Å²) in [6.45, 7) is -0.586. The van der Waals surface area contributed by atoms with Crippen LogP contribution in [0.5, 0.6) is 17.2 Å². The molecule has 0 atom stereocenters. The van der Waals surface area contributed by atoms with E-state index in [2.05, 4.69) is 5.32 Å². The van der Waals surface area contributed by atoms with Crippen molar-refractivity contribution in [2.24, 2.45) is 0 Å². The van der Waals surface area contributed by atoms with Crippen LogP contribution in [0.2, 0.25) is 15.1 Å². The molecule has 3 aromatic carbocycles. The van der Waals surface area contributed by atoms with E-state index in [4.69, 9.17) is 49.4 Å². The normalized spacial score (nSPS) is 10.5. The topological polar surface area (TPSA) is 122 Å². The smallest absolute Gasteiger partial charge is 0.407 e. The number of carbonyl (C=O) groups is 3. The lowest BCUT2D eigenvalue weighted by molar-refractivity contribution is -0.135. The number of hydrogen-bond acceptors (Lipinski definition) is 6. The molecule has 0 unspecified atom stereocenters. The Morgan fingerprint density at radius 3 is 2.31 bits per heavy atom. The van der Waals surface area contributed by atoms with Gasteiger partial charge in [0.25, 0.3) is 0 Å². The van der Waals surface area contributed by atoms with Crippen LogP contribution in [-0.4, -0.2) is 41.2 Å². The van der Waals surface area contributed by atoms with Gasteiger partial charge in [-0.25, -0.2) is 4.79 Å². The molecule has 0 spiro atoms. The minimum absolute atomic E-state index is 0.00644. The molecule has 0 heterocycles. The molecule has 0 bridgehead atoms. The Morgan fingerprint density at radius 1 is 0.943 bits per heavy atom. The van der Waals surface area contributed by atoms with Gasteiger partial charge >= 0.3 is 12.1 Å². The van der Waals surface area contributed by atoms with E-state index in [0.717, 1.165) is 0 Å². The number of alkyl carbamates (subject to hydrolysis) is 1. The van der Waals surface area contributed by atoms with Crippen LogP contribution < -0.4 is 10.1 Å². The number of benzene rings is 3. The predicted molar refractivity (Wildman–Crippen MR) is 130 cm³/mol. The van der Waals surface area contributed by atoms with Gasteiger partial charge in [-0.1, -0.05) is 46.9 Å². The van der Waals surface area contributed by atoms with Crippen LogP contribution in [-0.2, 0) is 16.0 Å². The summed E-state index contributed by atoms with van der Waals surface area (Å²) >= 11 is 18.6. The number of amides is 1. The molecule has 3 rings (SSSR count). The summed E-state index contributed by atoms with van der Waals surface area (Å²) < 4.78 is 10.7. The first-order valence-corrected chi connectivity index (χ1v) is 11.2. The second-order valence-electron chi connectivity index (χ2n) is 7.14. The quantitative estimate of drug-likeness (QED) is 0.297. The maximum absolute atomic E-state index is 12.8. The average Bonchev–Trinajstić information content (AvgIpc) is 2.80. The van der Waals surface area contributed by atoms with E-state index < -0.39 is 24.4 Å². The predicted octanol–water partition coefficient (Wildman–Crippen LogP) is 5.73. The van der Waals surface area contributed by atoms with Crippen molar-refractivity contribution in [1.82, 2.24) is 5.32 Å². The number of carboxylic acids is 1. The fraction of sp³-hybridized carbons (Fsp3) is 0.125. The molecule has 3 aromatic rings. The maximum Gasteiger partial charge on any atom is 0.407 e. The number of hydrogen-bond donors (Lipinski definition) is 3. The third-order valence-electron chi connectivity index (χ3n) is 4.59. The highest BCUT2D eigenvalue weighted by molar-refractivity contribution is 6.37. The molecular weight excluding hydrogens is 521 g/mol. The van der Waals surface area contributed by atoms with Gasteiger partial charge in [0, 0.05) is 17.0 Å². The summed E-state index contributed by atoms with van der Waals surface area (Å²) in [6.07, 6.45) is -0.599. The van der Waals surface area contributed by atoms with Gasteiger partial charge in [-0.15, -0.1) is 0 Å². The Labute approximate surface area is 214 Å². The van der Waals surface area contributed by atoms with Gasteiger partial charge in [0.05, 0.1) is 22.2 Å². The Morgan fingerprint density at radius 2 is 1.66 bits per heavy atom. The van der Waals surface area contributed by atoms with E-state index in [0.29, 0.717) is 16.1 Å². The average molecular weight is 539 g/mol. The fourth-order valence-corrected chi connectivity index (χ4v) is 3.78. The summed E-state index contributed by atoms with van der Waals surface area (Å²) in [5.74, 6) is -1.53. The van der Waals surface area contributed by atoms with Crippen molar-refractivity contribution in [2.75, 3.05) is 13.2 Å². The van der Waals surface area contributed by atoms with E-state index >= 15 is 0 Å². The van der Waals surface area contributed by atoms with Crippen molar-refractivity contribution in [1.29, 1.82) is 0 Å². The zero-order chi connectivity index (χ0) is 25.5. The SMILES string of the molecule is O=C(O)CNC(=O)OCCc1cc(Cl)c(Oc2ccc(O)c(C(=O)c3cccc(Cl)c3)c2)c(Cl)c1. The molecule has 0 aliphatic heterocycles. The highest BCUT2D eigenvalue weighted by Crippen LogP contribution is 2.38. The number of phenols is 1. The van der Waals surface area contributed by atoms with Crippen molar-refractivity contribution >= 4 is 52.6 Å². The Balaban J connectivity index is 1.71. The number of ketones is 1. The van der Waals surface area contributed by atoms with Crippen molar-refractivity contribution in [3.8, 4) is 17.2 Å². The number of aromatic hydroxyl groups is 1. The molecule has 0 aliphatic carbocycles. The Bertz CT molecular complexity index is 1260.